The number of benzene rings is 7. The number of hydrogen-bond donors (Lipinski definition) is 0. The van der Waals surface area contributed by atoms with Crippen LogP contribution in [0.15, 0.2) is 158 Å². The first kappa shape index (κ1) is 39.2. The Morgan fingerprint density at radius 3 is 1.52 bits per heavy atom. The molecule has 0 heterocycles. The van der Waals surface area contributed by atoms with E-state index < -0.39 is 0 Å². The maximum absolute atomic E-state index is 2.51. The fraction of sp³-hybridized carbons (Fsp3) is 0.263. The Balaban J connectivity index is 1.44. The zero-order valence-corrected chi connectivity index (χ0v) is 36.5. The van der Waals surface area contributed by atoms with Crippen molar-refractivity contribution < 1.29 is 0 Å². The Hall–Kier alpha value is -5.66. The van der Waals surface area contributed by atoms with Crippen molar-refractivity contribution in [2.45, 2.75) is 97.8 Å². The molecule has 7 aromatic rings. The number of anilines is 3. The van der Waals surface area contributed by atoms with Gasteiger partial charge < -0.3 is 4.90 Å². The van der Waals surface area contributed by atoms with Crippen LogP contribution >= 0.6 is 0 Å². The van der Waals surface area contributed by atoms with Gasteiger partial charge >= 0.3 is 0 Å². The monoisotopic (exact) mass is 757 g/mol. The number of nitrogens with zero attached hydrogens (tertiary/aromatic N) is 1. The Bertz CT molecular complexity index is 2600. The molecule has 0 aromatic heterocycles. The van der Waals surface area contributed by atoms with Crippen LogP contribution in [-0.2, 0) is 21.7 Å². The highest BCUT2D eigenvalue weighted by Crippen LogP contribution is 2.52. The van der Waals surface area contributed by atoms with Gasteiger partial charge in [0.2, 0.25) is 0 Å². The van der Waals surface area contributed by atoms with E-state index in [1.165, 1.54) is 72.3 Å². The smallest absolute Gasteiger partial charge is 0.0540 e. The second-order valence-electron chi connectivity index (χ2n) is 20.0. The summed E-state index contributed by atoms with van der Waals surface area (Å²) in [5.41, 5.74) is 20.0. The van der Waals surface area contributed by atoms with Crippen LogP contribution in [0.1, 0.15) is 104 Å². The molecule has 0 aliphatic heterocycles. The summed E-state index contributed by atoms with van der Waals surface area (Å²) in [6.07, 6.45) is 0. The van der Waals surface area contributed by atoms with Gasteiger partial charge in [0, 0.05) is 22.4 Å². The molecule has 58 heavy (non-hydrogen) atoms. The molecule has 0 unspecified atom stereocenters. The number of para-hydroxylation sites is 1. The summed E-state index contributed by atoms with van der Waals surface area (Å²) < 4.78 is 0. The molecular formula is C57H59N. The van der Waals surface area contributed by atoms with Crippen LogP contribution in [0.3, 0.4) is 0 Å². The molecule has 1 heteroatoms. The van der Waals surface area contributed by atoms with E-state index >= 15 is 0 Å². The molecule has 0 saturated carbocycles. The largest absolute Gasteiger partial charge is 0.310 e. The quantitative estimate of drug-likeness (QED) is 0.163. The zero-order valence-electron chi connectivity index (χ0n) is 36.5. The predicted molar refractivity (Wildman–Crippen MR) is 251 cm³/mol. The molecule has 0 amide bonds. The summed E-state index contributed by atoms with van der Waals surface area (Å²) in [4.78, 5) is 2.51. The summed E-state index contributed by atoms with van der Waals surface area (Å²) in [7, 11) is 0. The summed E-state index contributed by atoms with van der Waals surface area (Å²) in [6, 6.07) is 59.5. The van der Waals surface area contributed by atoms with Crippen molar-refractivity contribution in [1.29, 1.82) is 0 Å². The van der Waals surface area contributed by atoms with E-state index in [1.54, 1.807) is 0 Å². The molecule has 0 saturated heterocycles. The molecular weight excluding hydrogens is 699 g/mol. The molecule has 0 bridgehead atoms. The fourth-order valence-electron chi connectivity index (χ4n) is 8.69. The first-order valence-corrected chi connectivity index (χ1v) is 21.0. The number of hydrogen-bond acceptors (Lipinski definition) is 1. The van der Waals surface area contributed by atoms with E-state index in [0.717, 1.165) is 17.1 Å². The summed E-state index contributed by atoms with van der Waals surface area (Å²) in [5, 5.41) is 0. The van der Waals surface area contributed by atoms with E-state index in [9.17, 15) is 0 Å². The molecule has 7 aromatic carbocycles. The Morgan fingerprint density at radius 2 is 0.862 bits per heavy atom. The highest BCUT2D eigenvalue weighted by Gasteiger charge is 2.36. The van der Waals surface area contributed by atoms with Crippen molar-refractivity contribution in [1.82, 2.24) is 0 Å². The third-order valence-electron chi connectivity index (χ3n) is 12.3. The van der Waals surface area contributed by atoms with Crippen LogP contribution in [0.5, 0.6) is 0 Å². The highest BCUT2D eigenvalue weighted by molar-refractivity contribution is 5.93. The van der Waals surface area contributed by atoms with E-state index in [2.05, 4.69) is 239 Å². The van der Waals surface area contributed by atoms with Crippen LogP contribution in [0, 0.1) is 0 Å². The lowest BCUT2D eigenvalue weighted by molar-refractivity contribution is 0.569. The molecule has 1 aliphatic carbocycles. The average molecular weight is 758 g/mol. The lowest BCUT2D eigenvalue weighted by Gasteiger charge is -2.31. The first-order valence-electron chi connectivity index (χ1n) is 21.0. The minimum Gasteiger partial charge on any atom is -0.310 e. The fourth-order valence-corrected chi connectivity index (χ4v) is 8.69. The topological polar surface area (TPSA) is 3.24 Å². The molecule has 8 rings (SSSR count). The van der Waals surface area contributed by atoms with Crippen LogP contribution in [0.4, 0.5) is 17.1 Å². The van der Waals surface area contributed by atoms with Crippen molar-refractivity contribution in [3.63, 3.8) is 0 Å². The van der Waals surface area contributed by atoms with Gasteiger partial charge in [0.15, 0.2) is 0 Å². The van der Waals surface area contributed by atoms with Crippen molar-refractivity contribution in [3.05, 3.63) is 186 Å². The van der Waals surface area contributed by atoms with Gasteiger partial charge in [-0.25, -0.2) is 0 Å². The van der Waals surface area contributed by atoms with Crippen LogP contribution < -0.4 is 4.90 Å². The van der Waals surface area contributed by atoms with Gasteiger partial charge in [-0.15, -0.1) is 0 Å². The Labute approximate surface area is 348 Å². The van der Waals surface area contributed by atoms with Gasteiger partial charge in [-0.1, -0.05) is 197 Å². The minimum absolute atomic E-state index is 0.00700. The standard InChI is InChI=1S/C57H59N/c1-54(2,3)43-23-19-22-39(31-43)40-30-41(42-32-44(55(4,5)6)36-45(33-42)56(7,8)9)35-47(34-40)58(53-27-18-16-24-48(53)38-20-13-12-14-21-38)46-28-29-50-49-25-15-17-26-51(49)57(10,11)52(50)37-46/h12-37H,1-11H3. The van der Waals surface area contributed by atoms with E-state index in [-0.39, 0.29) is 21.7 Å². The van der Waals surface area contributed by atoms with Gasteiger partial charge in [0.1, 0.15) is 0 Å². The van der Waals surface area contributed by atoms with Crippen molar-refractivity contribution in [3.8, 4) is 44.5 Å². The lowest BCUT2D eigenvalue weighted by atomic mass is 9.78. The van der Waals surface area contributed by atoms with Crippen molar-refractivity contribution in [2.75, 3.05) is 4.90 Å². The molecule has 0 fully saturated rings. The highest BCUT2D eigenvalue weighted by atomic mass is 15.1. The molecule has 0 spiro atoms. The van der Waals surface area contributed by atoms with Crippen molar-refractivity contribution in [2.24, 2.45) is 0 Å². The summed E-state index contributed by atoms with van der Waals surface area (Å²) in [5.74, 6) is 0. The molecule has 292 valence electrons. The maximum Gasteiger partial charge on any atom is 0.0540 e. The average Bonchev–Trinajstić information content (AvgIpc) is 3.43. The molecule has 1 aliphatic rings. The third-order valence-corrected chi connectivity index (χ3v) is 12.3. The van der Waals surface area contributed by atoms with E-state index in [1.807, 2.05) is 0 Å². The van der Waals surface area contributed by atoms with Crippen molar-refractivity contribution >= 4 is 17.1 Å². The predicted octanol–water partition coefficient (Wildman–Crippen LogP) is 16.4. The molecule has 0 atom stereocenters. The van der Waals surface area contributed by atoms with Crippen LogP contribution in [0.2, 0.25) is 0 Å². The number of rotatable bonds is 6. The van der Waals surface area contributed by atoms with Gasteiger partial charge in [-0.3, -0.25) is 0 Å². The van der Waals surface area contributed by atoms with Gasteiger partial charge in [0.25, 0.3) is 0 Å². The second-order valence-corrected chi connectivity index (χ2v) is 20.0. The number of fused-ring (bicyclic) bond motifs is 3. The zero-order chi connectivity index (χ0) is 41.2. The molecule has 0 radical (unpaired) electrons. The third kappa shape index (κ3) is 7.33. The molecule has 1 nitrogen and oxygen atoms in total. The van der Waals surface area contributed by atoms with Gasteiger partial charge in [0.05, 0.1) is 5.69 Å². The Morgan fingerprint density at radius 1 is 0.345 bits per heavy atom. The van der Waals surface area contributed by atoms with E-state index in [4.69, 9.17) is 0 Å². The second kappa shape index (κ2) is 14.3. The van der Waals surface area contributed by atoms with E-state index in [0.29, 0.717) is 0 Å². The lowest BCUT2D eigenvalue weighted by Crippen LogP contribution is -2.17. The Kier molecular flexibility index (Phi) is 9.67. The van der Waals surface area contributed by atoms with Crippen LogP contribution in [0.25, 0.3) is 44.5 Å². The van der Waals surface area contributed by atoms with Gasteiger partial charge in [-0.05, 0) is 119 Å². The molecule has 0 N–H and O–H groups in total. The summed E-state index contributed by atoms with van der Waals surface area (Å²) >= 11 is 0. The van der Waals surface area contributed by atoms with Gasteiger partial charge in [-0.2, -0.15) is 0 Å². The minimum atomic E-state index is -0.135. The van der Waals surface area contributed by atoms with Crippen LogP contribution in [-0.4, -0.2) is 0 Å². The first-order chi connectivity index (χ1) is 27.4. The SMILES string of the molecule is CC(C)(C)c1cccc(-c2cc(-c3cc(C(C)(C)C)cc(C(C)(C)C)c3)cc(N(c3ccc4c(c3)C(C)(C)c3ccccc3-4)c3ccccc3-c3ccccc3)c2)c1. The normalized spacial score (nSPS) is 13.6. The maximum atomic E-state index is 2.51. The summed E-state index contributed by atoms with van der Waals surface area (Å²) in [6.45, 7) is 25.6.